The molecule has 3 N–H and O–H groups in total. The highest BCUT2D eigenvalue weighted by Crippen LogP contribution is 2.39. The predicted octanol–water partition coefficient (Wildman–Crippen LogP) is 1.61. The smallest absolute Gasteiger partial charge is 0.303 e. The Morgan fingerprint density at radius 3 is 2.79 bits per heavy atom. The van der Waals surface area contributed by atoms with Crippen LogP contribution < -0.4 is 10.9 Å². The summed E-state index contributed by atoms with van der Waals surface area (Å²) in [4.78, 5) is 29.1. The van der Waals surface area contributed by atoms with E-state index in [9.17, 15) is 9.59 Å². The van der Waals surface area contributed by atoms with Gasteiger partial charge in [0.2, 0.25) is 0 Å². The van der Waals surface area contributed by atoms with Gasteiger partial charge in [-0.15, -0.1) is 0 Å². The second kappa shape index (κ2) is 5.86. The molecule has 0 aromatic carbocycles. The number of anilines is 1. The van der Waals surface area contributed by atoms with E-state index in [4.69, 9.17) is 5.11 Å². The minimum absolute atomic E-state index is 0.144. The summed E-state index contributed by atoms with van der Waals surface area (Å²) < 4.78 is 0. The Balaban J connectivity index is 2.06. The zero-order valence-corrected chi connectivity index (χ0v) is 10.8. The monoisotopic (exact) mass is 265 g/mol. The van der Waals surface area contributed by atoms with Crippen LogP contribution in [-0.2, 0) is 4.79 Å². The molecule has 0 spiro atoms. The normalized spacial score (nSPS) is 17.9. The van der Waals surface area contributed by atoms with E-state index in [0.29, 0.717) is 6.54 Å². The van der Waals surface area contributed by atoms with Crippen LogP contribution in [0.5, 0.6) is 0 Å². The summed E-state index contributed by atoms with van der Waals surface area (Å²) in [6.45, 7) is 0.486. The van der Waals surface area contributed by atoms with Gasteiger partial charge in [0.1, 0.15) is 0 Å². The van der Waals surface area contributed by atoms with Gasteiger partial charge < -0.3 is 15.4 Å². The molecule has 1 heterocycles. The van der Waals surface area contributed by atoms with E-state index >= 15 is 0 Å². The van der Waals surface area contributed by atoms with Crippen molar-refractivity contribution in [3.05, 3.63) is 22.7 Å². The number of aromatic nitrogens is 2. The molecule has 0 aliphatic heterocycles. The number of carboxylic acids is 1. The number of hydrogen-bond acceptors (Lipinski definition) is 4. The maximum Gasteiger partial charge on any atom is 0.303 e. The minimum atomic E-state index is -0.779. The van der Waals surface area contributed by atoms with Crippen LogP contribution in [0.3, 0.4) is 0 Å². The largest absolute Gasteiger partial charge is 0.481 e. The van der Waals surface area contributed by atoms with E-state index in [-0.39, 0.29) is 23.2 Å². The van der Waals surface area contributed by atoms with Gasteiger partial charge in [-0.05, 0) is 18.3 Å². The molecule has 1 aliphatic rings. The second-order valence-electron chi connectivity index (χ2n) is 5.25. The summed E-state index contributed by atoms with van der Waals surface area (Å²) in [7, 11) is 0. The summed E-state index contributed by atoms with van der Waals surface area (Å²) in [6.07, 6.45) is 8.15. The Hall–Kier alpha value is -1.85. The molecule has 0 atom stereocenters. The highest BCUT2D eigenvalue weighted by atomic mass is 16.4. The Morgan fingerprint density at radius 1 is 1.42 bits per heavy atom. The number of H-pyrrole nitrogens is 1. The highest BCUT2D eigenvalue weighted by Gasteiger charge is 2.34. The molecule has 1 fully saturated rings. The van der Waals surface area contributed by atoms with Crippen LogP contribution in [0.25, 0.3) is 0 Å². The van der Waals surface area contributed by atoms with Crippen molar-refractivity contribution in [1.82, 2.24) is 9.97 Å². The second-order valence-corrected chi connectivity index (χ2v) is 5.25. The maximum absolute atomic E-state index is 11.5. The maximum atomic E-state index is 11.5. The van der Waals surface area contributed by atoms with Crippen LogP contribution in [-0.4, -0.2) is 27.6 Å². The van der Waals surface area contributed by atoms with Crippen LogP contribution in [0.4, 0.5) is 5.82 Å². The number of rotatable bonds is 5. The molecule has 2 rings (SSSR count). The predicted molar refractivity (Wildman–Crippen MR) is 71.1 cm³/mol. The standard InChI is InChI=1S/C13H19N3O3/c17-10(18)8-13(4-2-1-3-5-13)9-16-11-12(19)15-7-6-14-11/h6-7H,1-5,8-9H2,(H,14,16)(H,15,19)(H,17,18). The van der Waals surface area contributed by atoms with E-state index in [1.165, 1.54) is 12.4 Å². The summed E-state index contributed by atoms with van der Waals surface area (Å²) in [5, 5.41) is 12.1. The number of aromatic amines is 1. The summed E-state index contributed by atoms with van der Waals surface area (Å²) in [5.41, 5.74) is -0.530. The molecule has 1 saturated carbocycles. The number of carbonyl (C=O) groups is 1. The summed E-state index contributed by atoms with van der Waals surface area (Å²) >= 11 is 0. The van der Waals surface area contributed by atoms with Crippen molar-refractivity contribution >= 4 is 11.8 Å². The molecule has 0 unspecified atom stereocenters. The Kier molecular flexibility index (Phi) is 4.19. The van der Waals surface area contributed by atoms with Crippen LogP contribution in [0.15, 0.2) is 17.2 Å². The Bertz CT molecular complexity index is 492. The fourth-order valence-corrected chi connectivity index (χ4v) is 2.79. The first-order chi connectivity index (χ1) is 9.11. The third-order valence-corrected chi connectivity index (χ3v) is 3.78. The van der Waals surface area contributed by atoms with E-state index in [1.807, 2.05) is 0 Å². The number of aliphatic carboxylic acids is 1. The fraction of sp³-hybridized carbons (Fsp3) is 0.615. The van der Waals surface area contributed by atoms with Crippen molar-refractivity contribution in [2.45, 2.75) is 38.5 Å². The molecule has 6 heteroatoms. The van der Waals surface area contributed by atoms with Gasteiger partial charge in [0.25, 0.3) is 5.56 Å². The Labute approximate surface area is 111 Å². The molecule has 0 bridgehead atoms. The van der Waals surface area contributed by atoms with Gasteiger partial charge in [-0.25, -0.2) is 4.98 Å². The van der Waals surface area contributed by atoms with Crippen molar-refractivity contribution in [1.29, 1.82) is 0 Å². The van der Waals surface area contributed by atoms with Crippen molar-refractivity contribution in [3.63, 3.8) is 0 Å². The lowest BCUT2D eigenvalue weighted by atomic mass is 9.72. The van der Waals surface area contributed by atoms with E-state index in [2.05, 4.69) is 15.3 Å². The number of nitrogens with one attached hydrogen (secondary N) is 2. The lowest BCUT2D eigenvalue weighted by Crippen LogP contribution is -2.35. The average molecular weight is 265 g/mol. The van der Waals surface area contributed by atoms with Gasteiger partial charge in [-0.2, -0.15) is 0 Å². The first kappa shape index (κ1) is 13.6. The molecule has 0 saturated heterocycles. The van der Waals surface area contributed by atoms with Gasteiger partial charge >= 0.3 is 5.97 Å². The first-order valence-electron chi connectivity index (χ1n) is 6.61. The van der Waals surface area contributed by atoms with E-state index < -0.39 is 5.97 Å². The molecule has 0 amide bonds. The van der Waals surface area contributed by atoms with Crippen LogP contribution >= 0.6 is 0 Å². The molecular formula is C13H19N3O3. The summed E-state index contributed by atoms with van der Waals surface area (Å²) in [6, 6.07) is 0. The van der Waals surface area contributed by atoms with Gasteiger partial charge in [-0.3, -0.25) is 9.59 Å². The zero-order valence-electron chi connectivity index (χ0n) is 10.8. The lowest BCUT2D eigenvalue weighted by molar-refractivity contribution is -0.140. The summed E-state index contributed by atoms with van der Waals surface area (Å²) in [5.74, 6) is -0.517. The van der Waals surface area contributed by atoms with E-state index in [1.54, 1.807) is 0 Å². The topological polar surface area (TPSA) is 95.1 Å². The van der Waals surface area contributed by atoms with Crippen LogP contribution in [0, 0.1) is 5.41 Å². The van der Waals surface area contributed by atoms with Crippen LogP contribution in [0.2, 0.25) is 0 Å². The van der Waals surface area contributed by atoms with Gasteiger partial charge in [0.05, 0.1) is 6.42 Å². The van der Waals surface area contributed by atoms with Gasteiger partial charge in [0, 0.05) is 18.9 Å². The molecule has 6 nitrogen and oxygen atoms in total. The molecule has 1 aromatic heterocycles. The Morgan fingerprint density at radius 2 is 2.16 bits per heavy atom. The van der Waals surface area contributed by atoms with E-state index in [0.717, 1.165) is 32.1 Å². The number of carboxylic acid groups (broad SMARTS) is 1. The molecule has 19 heavy (non-hydrogen) atoms. The van der Waals surface area contributed by atoms with Gasteiger partial charge in [0.15, 0.2) is 5.82 Å². The minimum Gasteiger partial charge on any atom is -0.481 e. The van der Waals surface area contributed by atoms with Crippen molar-refractivity contribution in [2.75, 3.05) is 11.9 Å². The van der Waals surface area contributed by atoms with Gasteiger partial charge in [-0.1, -0.05) is 19.3 Å². The third-order valence-electron chi connectivity index (χ3n) is 3.78. The lowest BCUT2D eigenvalue weighted by Gasteiger charge is -2.36. The quantitative estimate of drug-likeness (QED) is 0.751. The fourth-order valence-electron chi connectivity index (χ4n) is 2.79. The van der Waals surface area contributed by atoms with Crippen molar-refractivity contribution < 1.29 is 9.90 Å². The third kappa shape index (κ3) is 3.56. The molecule has 1 aliphatic carbocycles. The first-order valence-corrected chi connectivity index (χ1v) is 6.61. The number of hydrogen-bond donors (Lipinski definition) is 3. The van der Waals surface area contributed by atoms with Crippen LogP contribution in [0.1, 0.15) is 38.5 Å². The average Bonchev–Trinajstić information content (AvgIpc) is 2.38. The highest BCUT2D eigenvalue weighted by molar-refractivity contribution is 5.67. The molecule has 0 radical (unpaired) electrons. The molecular weight excluding hydrogens is 246 g/mol. The van der Waals surface area contributed by atoms with Crippen molar-refractivity contribution in [2.24, 2.45) is 5.41 Å². The molecule has 1 aromatic rings. The van der Waals surface area contributed by atoms with Crippen molar-refractivity contribution in [3.8, 4) is 0 Å². The number of nitrogens with zero attached hydrogens (tertiary/aromatic N) is 1. The molecule has 104 valence electrons. The SMILES string of the molecule is O=C(O)CC1(CNc2ncc[nH]c2=O)CCCCC1. The zero-order chi connectivity index (χ0) is 13.7.